The van der Waals surface area contributed by atoms with Crippen molar-refractivity contribution in [1.82, 2.24) is 9.97 Å². The fraction of sp³-hybridized carbons (Fsp3) is 0.304. The first kappa shape index (κ1) is 18.9. The van der Waals surface area contributed by atoms with E-state index < -0.39 is 0 Å². The van der Waals surface area contributed by atoms with Crippen molar-refractivity contribution in [2.75, 3.05) is 23.4 Å². The Balaban J connectivity index is 1.39. The van der Waals surface area contributed by atoms with Gasteiger partial charge in [-0.05, 0) is 55.5 Å². The van der Waals surface area contributed by atoms with Crippen LogP contribution < -0.4 is 9.80 Å². The second-order valence-corrected chi connectivity index (χ2v) is 8.66. The molecule has 7 heteroatoms. The quantitative estimate of drug-likeness (QED) is 0.638. The molecule has 0 bridgehead atoms. The molecule has 0 unspecified atom stereocenters. The number of pyridine rings is 1. The van der Waals surface area contributed by atoms with Gasteiger partial charge < -0.3 is 4.90 Å². The summed E-state index contributed by atoms with van der Waals surface area (Å²) in [5.41, 5.74) is 4.68. The van der Waals surface area contributed by atoms with Gasteiger partial charge in [0.2, 0.25) is 5.91 Å². The molecule has 0 saturated heterocycles. The van der Waals surface area contributed by atoms with Crippen molar-refractivity contribution in [2.45, 2.75) is 25.7 Å². The molecule has 5 rings (SSSR count). The minimum absolute atomic E-state index is 0.113. The summed E-state index contributed by atoms with van der Waals surface area (Å²) in [5.74, 6) is 0.388. The minimum Gasteiger partial charge on any atom is -0.312 e. The molecule has 0 spiro atoms. The summed E-state index contributed by atoms with van der Waals surface area (Å²) < 4.78 is 0. The third-order valence-corrected chi connectivity index (χ3v) is 6.61. The van der Waals surface area contributed by atoms with Crippen molar-refractivity contribution < 1.29 is 9.59 Å². The second kappa shape index (κ2) is 7.65. The van der Waals surface area contributed by atoms with Gasteiger partial charge in [-0.3, -0.25) is 19.5 Å². The first-order valence-electron chi connectivity index (χ1n) is 10.2. The number of nitrogens with zero attached hydrogens (tertiary/aromatic N) is 4. The molecule has 6 nitrogen and oxygen atoms in total. The zero-order valence-electron chi connectivity index (χ0n) is 16.7. The van der Waals surface area contributed by atoms with Crippen LogP contribution in [0.5, 0.6) is 0 Å². The highest BCUT2D eigenvalue weighted by Crippen LogP contribution is 2.37. The van der Waals surface area contributed by atoms with Gasteiger partial charge in [-0.2, -0.15) is 0 Å². The van der Waals surface area contributed by atoms with E-state index in [9.17, 15) is 9.59 Å². The van der Waals surface area contributed by atoms with Crippen LogP contribution in [0.2, 0.25) is 0 Å². The van der Waals surface area contributed by atoms with Crippen LogP contribution in [0.15, 0.2) is 48.1 Å². The molecular weight excluding hydrogens is 396 g/mol. The molecule has 1 aromatic carbocycles. The highest BCUT2D eigenvalue weighted by atomic mass is 32.1. The Bertz CT molecular complexity index is 1110. The van der Waals surface area contributed by atoms with Gasteiger partial charge in [0.1, 0.15) is 0 Å². The number of anilines is 2. The van der Waals surface area contributed by atoms with E-state index in [0.29, 0.717) is 10.7 Å². The number of carbonyl (C=O) groups is 2. The number of hydrogen-bond acceptors (Lipinski definition) is 5. The zero-order chi connectivity index (χ0) is 20.7. The van der Waals surface area contributed by atoms with Gasteiger partial charge in [0.15, 0.2) is 5.13 Å². The van der Waals surface area contributed by atoms with E-state index in [1.807, 2.05) is 16.3 Å². The van der Waals surface area contributed by atoms with E-state index in [2.05, 4.69) is 17.1 Å². The van der Waals surface area contributed by atoms with Crippen molar-refractivity contribution >= 4 is 34.0 Å². The van der Waals surface area contributed by atoms with Crippen LogP contribution in [0, 0.1) is 5.92 Å². The Labute approximate surface area is 179 Å². The molecule has 2 aromatic heterocycles. The maximum atomic E-state index is 12.7. The summed E-state index contributed by atoms with van der Waals surface area (Å²) in [5, 5.41) is 2.62. The molecule has 0 N–H and O–H groups in total. The van der Waals surface area contributed by atoms with Crippen LogP contribution in [0.25, 0.3) is 11.3 Å². The van der Waals surface area contributed by atoms with Crippen molar-refractivity contribution in [1.29, 1.82) is 0 Å². The minimum atomic E-state index is -0.113. The lowest BCUT2D eigenvalue weighted by Crippen LogP contribution is -2.36. The fourth-order valence-corrected chi connectivity index (χ4v) is 4.66. The number of rotatable bonds is 4. The molecule has 152 valence electrons. The lowest BCUT2D eigenvalue weighted by Gasteiger charge is -2.30. The largest absolute Gasteiger partial charge is 0.312 e. The predicted octanol–water partition coefficient (Wildman–Crippen LogP) is 4.17. The number of carbonyl (C=O) groups excluding carboxylic acids is 2. The summed E-state index contributed by atoms with van der Waals surface area (Å²) in [6.45, 7) is 0.810. The highest BCUT2D eigenvalue weighted by molar-refractivity contribution is 7.14. The number of fused-ring (bicyclic) bond motifs is 1. The maximum absolute atomic E-state index is 12.7. The molecule has 0 atom stereocenters. The van der Waals surface area contributed by atoms with E-state index in [1.165, 1.54) is 16.9 Å². The Morgan fingerprint density at radius 3 is 2.73 bits per heavy atom. The molecule has 1 aliphatic carbocycles. The van der Waals surface area contributed by atoms with Crippen LogP contribution in [-0.4, -0.2) is 35.4 Å². The molecule has 30 heavy (non-hydrogen) atoms. The molecule has 2 amide bonds. The molecule has 2 aliphatic rings. The molecule has 0 radical (unpaired) electrons. The van der Waals surface area contributed by atoms with Crippen LogP contribution in [0.1, 0.15) is 35.2 Å². The fourth-order valence-electron chi connectivity index (χ4n) is 3.86. The van der Waals surface area contributed by atoms with Crippen molar-refractivity contribution in [3.63, 3.8) is 0 Å². The number of benzene rings is 1. The molecular formula is C23H22N4O2S. The Morgan fingerprint density at radius 2 is 1.97 bits per heavy atom. The van der Waals surface area contributed by atoms with Crippen molar-refractivity contribution in [3.05, 3.63) is 59.2 Å². The number of aryl methyl sites for hydroxylation is 1. The standard InChI is InChI=1S/C23H22N4O2S/c1-26(21(28)16-8-10-24-11-9-16)23-25-19(14-30-23)17-6-7-20-18(13-17)3-2-12-27(20)22(29)15-4-5-15/h6-11,13-15H,2-5,12H2,1H3. The first-order valence-corrected chi connectivity index (χ1v) is 11.1. The Hall–Kier alpha value is -3.06. The normalized spacial score (nSPS) is 15.6. The molecule has 3 heterocycles. The van der Waals surface area contributed by atoms with Crippen LogP contribution >= 0.6 is 11.3 Å². The van der Waals surface area contributed by atoms with E-state index >= 15 is 0 Å². The van der Waals surface area contributed by atoms with Crippen LogP contribution in [-0.2, 0) is 11.2 Å². The van der Waals surface area contributed by atoms with Crippen molar-refractivity contribution in [3.8, 4) is 11.3 Å². The van der Waals surface area contributed by atoms with Gasteiger partial charge in [-0.15, -0.1) is 11.3 Å². The molecule has 3 aromatic rings. The number of amides is 2. The van der Waals surface area contributed by atoms with Gasteiger partial charge >= 0.3 is 0 Å². The third-order valence-electron chi connectivity index (χ3n) is 5.70. The van der Waals surface area contributed by atoms with Gasteiger partial charge in [-0.1, -0.05) is 6.07 Å². The monoisotopic (exact) mass is 418 g/mol. The van der Waals surface area contributed by atoms with E-state index in [0.717, 1.165) is 49.2 Å². The summed E-state index contributed by atoms with van der Waals surface area (Å²) in [7, 11) is 1.74. The van der Waals surface area contributed by atoms with Crippen LogP contribution in [0.4, 0.5) is 10.8 Å². The lowest BCUT2D eigenvalue weighted by molar-refractivity contribution is -0.119. The molecule has 1 fully saturated rings. The van der Waals surface area contributed by atoms with E-state index in [4.69, 9.17) is 4.98 Å². The first-order chi connectivity index (χ1) is 14.6. The maximum Gasteiger partial charge on any atom is 0.259 e. The number of hydrogen-bond donors (Lipinski definition) is 0. The van der Waals surface area contributed by atoms with Gasteiger partial charge in [0, 0.05) is 54.1 Å². The highest BCUT2D eigenvalue weighted by Gasteiger charge is 2.35. The number of thiazole rings is 1. The molecule has 1 saturated carbocycles. The Kier molecular flexibility index (Phi) is 4.83. The van der Waals surface area contributed by atoms with E-state index in [-0.39, 0.29) is 17.7 Å². The zero-order valence-corrected chi connectivity index (χ0v) is 17.6. The van der Waals surface area contributed by atoms with Crippen molar-refractivity contribution in [2.24, 2.45) is 5.92 Å². The molecule has 1 aliphatic heterocycles. The van der Waals surface area contributed by atoms with Gasteiger partial charge in [0.05, 0.1) is 5.69 Å². The second-order valence-electron chi connectivity index (χ2n) is 7.83. The van der Waals surface area contributed by atoms with Gasteiger partial charge in [-0.25, -0.2) is 4.98 Å². The predicted molar refractivity (Wildman–Crippen MR) is 118 cm³/mol. The summed E-state index contributed by atoms with van der Waals surface area (Å²) >= 11 is 1.44. The summed E-state index contributed by atoms with van der Waals surface area (Å²) in [6, 6.07) is 9.62. The van der Waals surface area contributed by atoms with Gasteiger partial charge in [0.25, 0.3) is 5.91 Å². The lowest BCUT2D eigenvalue weighted by atomic mass is 9.98. The average molecular weight is 419 g/mol. The SMILES string of the molecule is CN(C(=O)c1ccncc1)c1nc(-c2ccc3c(c2)CCCN3C(=O)C2CC2)cs1. The van der Waals surface area contributed by atoms with E-state index in [1.54, 1.807) is 36.5 Å². The summed E-state index contributed by atoms with van der Waals surface area (Å²) in [4.78, 5) is 37.5. The van der Waals surface area contributed by atoms with Crippen LogP contribution in [0.3, 0.4) is 0 Å². The average Bonchev–Trinajstić information content (AvgIpc) is 3.53. The topological polar surface area (TPSA) is 66.4 Å². The smallest absolute Gasteiger partial charge is 0.259 e. The third kappa shape index (κ3) is 3.50. The Morgan fingerprint density at radius 1 is 1.17 bits per heavy atom. The summed E-state index contributed by atoms with van der Waals surface area (Å²) in [6.07, 6.45) is 7.22. The number of aromatic nitrogens is 2.